The van der Waals surface area contributed by atoms with Crippen LogP contribution in [0.1, 0.15) is 43.7 Å². The Bertz CT molecular complexity index is 958. The lowest BCUT2D eigenvalue weighted by Gasteiger charge is -2.12. The molecule has 1 aromatic heterocycles. The van der Waals surface area contributed by atoms with Crippen molar-refractivity contribution in [2.45, 2.75) is 45.4 Å². The van der Waals surface area contributed by atoms with Crippen LogP contribution in [0.15, 0.2) is 45.5 Å². The number of carboxylic acid groups (broad SMARTS) is 1. The van der Waals surface area contributed by atoms with Gasteiger partial charge >= 0.3 is 5.97 Å². The summed E-state index contributed by atoms with van der Waals surface area (Å²) in [5, 5.41) is 10.2. The normalized spacial score (nSPS) is 11.1. The van der Waals surface area contributed by atoms with E-state index in [1.165, 1.54) is 36.6 Å². The minimum atomic E-state index is -0.864. The summed E-state index contributed by atoms with van der Waals surface area (Å²) < 4.78 is 7.55. The second kappa shape index (κ2) is 9.61. The Morgan fingerprint density at radius 1 is 1.11 bits per heavy atom. The maximum Gasteiger partial charge on any atom is 0.307 e. The van der Waals surface area contributed by atoms with E-state index in [1.54, 1.807) is 12.1 Å². The molecule has 0 unspecified atom stereocenters. The lowest BCUT2D eigenvalue weighted by Crippen LogP contribution is -2.00. The van der Waals surface area contributed by atoms with Gasteiger partial charge in [-0.15, -0.1) is 0 Å². The number of rotatable bonds is 9. The number of aromatic amines is 1. The molecule has 0 aliphatic heterocycles. The first kappa shape index (κ1) is 20.9. The van der Waals surface area contributed by atoms with E-state index < -0.39 is 5.97 Å². The second-order valence-corrected chi connectivity index (χ2v) is 8.60. The highest BCUT2D eigenvalue weighted by atomic mass is 79.9. The molecule has 2 aromatic carbocycles. The Kier molecular flexibility index (Phi) is 7.18. The molecule has 0 saturated heterocycles. The quantitative estimate of drug-likeness (QED) is 0.299. The molecule has 0 aliphatic rings. The van der Waals surface area contributed by atoms with Crippen molar-refractivity contribution in [2.75, 3.05) is 0 Å². The maximum atomic E-state index is 10.9. The summed E-state index contributed by atoms with van der Waals surface area (Å²) in [5.41, 5.74) is 3.12. The highest BCUT2D eigenvalue weighted by Gasteiger charge is 2.13. The van der Waals surface area contributed by atoms with Crippen molar-refractivity contribution in [1.29, 1.82) is 0 Å². The first-order valence-corrected chi connectivity index (χ1v) is 11.0. The zero-order chi connectivity index (χ0) is 20.1. The monoisotopic (exact) mass is 507 g/mol. The molecular formula is C22H23Br2NO3. The van der Waals surface area contributed by atoms with Crippen LogP contribution in [-0.2, 0) is 17.6 Å². The minimum absolute atomic E-state index is 0.0336. The fourth-order valence-corrected chi connectivity index (χ4v) is 4.72. The van der Waals surface area contributed by atoms with Gasteiger partial charge in [-0.05, 0) is 86.2 Å². The molecule has 0 fully saturated rings. The molecule has 0 amide bonds. The number of H-pyrrole nitrogens is 1. The van der Waals surface area contributed by atoms with Crippen LogP contribution in [0.3, 0.4) is 0 Å². The average molecular weight is 509 g/mol. The molecule has 28 heavy (non-hydrogen) atoms. The molecule has 1 heterocycles. The highest BCUT2D eigenvalue weighted by molar-refractivity contribution is 9.11. The predicted octanol–water partition coefficient (Wildman–Crippen LogP) is 7.24. The van der Waals surface area contributed by atoms with Crippen LogP contribution in [0, 0.1) is 0 Å². The number of halogens is 2. The third-order valence-corrected chi connectivity index (χ3v) is 5.85. The van der Waals surface area contributed by atoms with Gasteiger partial charge in [-0.1, -0.05) is 26.2 Å². The fourth-order valence-electron chi connectivity index (χ4n) is 3.27. The summed E-state index contributed by atoms with van der Waals surface area (Å²) in [6, 6.07) is 9.58. The molecule has 0 atom stereocenters. The molecule has 0 saturated carbocycles. The first-order valence-electron chi connectivity index (χ1n) is 9.45. The smallest absolute Gasteiger partial charge is 0.307 e. The number of aromatic nitrogens is 1. The number of hydrogen-bond donors (Lipinski definition) is 2. The van der Waals surface area contributed by atoms with E-state index in [0.29, 0.717) is 20.3 Å². The van der Waals surface area contributed by atoms with Crippen molar-refractivity contribution in [3.05, 3.63) is 56.6 Å². The van der Waals surface area contributed by atoms with Crippen LogP contribution in [0.2, 0.25) is 0 Å². The third-order valence-electron chi connectivity index (χ3n) is 4.67. The van der Waals surface area contributed by atoms with Gasteiger partial charge in [0.25, 0.3) is 0 Å². The predicted molar refractivity (Wildman–Crippen MR) is 119 cm³/mol. The summed E-state index contributed by atoms with van der Waals surface area (Å²) in [5.74, 6) is 0.514. The number of carboxylic acids is 1. The molecule has 6 heteroatoms. The van der Waals surface area contributed by atoms with Gasteiger partial charge in [0.1, 0.15) is 5.75 Å². The van der Waals surface area contributed by atoms with Gasteiger partial charge in [-0.2, -0.15) is 0 Å². The van der Waals surface area contributed by atoms with Crippen LogP contribution >= 0.6 is 31.9 Å². The number of ether oxygens (including phenoxy) is 1. The van der Waals surface area contributed by atoms with Crippen molar-refractivity contribution >= 4 is 48.7 Å². The van der Waals surface area contributed by atoms with E-state index in [2.05, 4.69) is 56.0 Å². The number of nitrogens with one attached hydrogen (secondary N) is 1. The molecule has 4 nitrogen and oxygen atoms in total. The number of hydrogen-bond acceptors (Lipinski definition) is 2. The first-order chi connectivity index (χ1) is 13.5. The molecule has 3 rings (SSSR count). The van der Waals surface area contributed by atoms with Crippen LogP contribution in [0.25, 0.3) is 10.9 Å². The summed E-state index contributed by atoms with van der Waals surface area (Å²) in [6.45, 7) is 2.22. The van der Waals surface area contributed by atoms with Gasteiger partial charge in [-0.25, -0.2) is 0 Å². The summed E-state index contributed by atoms with van der Waals surface area (Å²) in [6.07, 6.45) is 8.06. The van der Waals surface area contributed by atoms with Gasteiger partial charge in [0.2, 0.25) is 0 Å². The van der Waals surface area contributed by atoms with Crippen LogP contribution in [0.4, 0.5) is 0 Å². The molecule has 3 aromatic rings. The topological polar surface area (TPSA) is 62.3 Å². The molecule has 0 radical (unpaired) electrons. The van der Waals surface area contributed by atoms with Crippen molar-refractivity contribution < 1.29 is 14.6 Å². The van der Waals surface area contributed by atoms with E-state index in [9.17, 15) is 4.79 Å². The van der Waals surface area contributed by atoms with Gasteiger partial charge in [0, 0.05) is 17.1 Å². The average Bonchev–Trinajstić information content (AvgIpc) is 3.04. The minimum Gasteiger partial charge on any atom is -0.481 e. The zero-order valence-electron chi connectivity index (χ0n) is 15.7. The van der Waals surface area contributed by atoms with Crippen LogP contribution in [-0.4, -0.2) is 16.1 Å². The Labute approximate surface area is 181 Å². The Hall–Kier alpha value is -1.79. The number of unbranched alkanes of at least 4 members (excludes halogenated alkanes) is 3. The zero-order valence-corrected chi connectivity index (χ0v) is 18.9. The van der Waals surface area contributed by atoms with Gasteiger partial charge in [0.15, 0.2) is 5.75 Å². The van der Waals surface area contributed by atoms with Crippen molar-refractivity contribution in [3.63, 3.8) is 0 Å². The van der Waals surface area contributed by atoms with Crippen molar-refractivity contribution in [1.82, 2.24) is 4.98 Å². The van der Waals surface area contributed by atoms with Gasteiger partial charge in [-0.3, -0.25) is 4.79 Å². The summed E-state index contributed by atoms with van der Waals surface area (Å²) in [4.78, 5) is 14.3. The molecule has 0 aliphatic carbocycles. The van der Waals surface area contributed by atoms with E-state index in [1.807, 2.05) is 12.1 Å². The highest BCUT2D eigenvalue weighted by Crippen LogP contribution is 2.39. The lowest BCUT2D eigenvalue weighted by molar-refractivity contribution is -0.136. The van der Waals surface area contributed by atoms with E-state index >= 15 is 0 Å². The third kappa shape index (κ3) is 5.17. The molecule has 148 valence electrons. The lowest BCUT2D eigenvalue weighted by atomic mass is 10.1. The van der Waals surface area contributed by atoms with Gasteiger partial charge < -0.3 is 14.8 Å². The maximum absolute atomic E-state index is 10.9. The number of aryl methyl sites for hydroxylation is 1. The molecule has 2 N–H and O–H groups in total. The number of fused-ring (bicyclic) bond motifs is 1. The van der Waals surface area contributed by atoms with E-state index in [4.69, 9.17) is 9.84 Å². The SMILES string of the molecule is CCCCCCc1c[nH]c2ccc(Oc3c(Br)cc(CC(=O)O)cc3Br)cc12. The standard InChI is InChI=1S/C22H23Br2NO3/c1-2-3-4-5-6-15-13-25-20-8-7-16(12-17(15)20)28-22-18(23)9-14(10-19(22)24)11-21(26)27/h7-10,12-13,25H,2-6,11H2,1H3,(H,26,27). The largest absolute Gasteiger partial charge is 0.481 e. The Morgan fingerprint density at radius 3 is 2.54 bits per heavy atom. The molecule has 0 bridgehead atoms. The fraction of sp³-hybridized carbons (Fsp3) is 0.318. The van der Waals surface area contributed by atoms with Crippen LogP contribution < -0.4 is 4.74 Å². The van der Waals surface area contributed by atoms with E-state index in [0.717, 1.165) is 17.7 Å². The molecular weight excluding hydrogens is 486 g/mol. The number of carbonyl (C=O) groups is 1. The number of aliphatic carboxylic acids is 1. The van der Waals surface area contributed by atoms with Gasteiger partial charge in [0.05, 0.1) is 15.4 Å². The number of benzene rings is 2. The molecule has 0 spiro atoms. The van der Waals surface area contributed by atoms with E-state index in [-0.39, 0.29) is 6.42 Å². The van der Waals surface area contributed by atoms with Crippen LogP contribution in [0.5, 0.6) is 11.5 Å². The second-order valence-electron chi connectivity index (χ2n) is 6.89. The Morgan fingerprint density at radius 2 is 1.86 bits per heavy atom. The van der Waals surface area contributed by atoms with Crippen molar-refractivity contribution in [2.24, 2.45) is 0 Å². The summed E-state index contributed by atoms with van der Waals surface area (Å²) >= 11 is 6.99. The Balaban J connectivity index is 1.81. The summed E-state index contributed by atoms with van der Waals surface area (Å²) in [7, 11) is 0. The van der Waals surface area contributed by atoms with Crippen molar-refractivity contribution in [3.8, 4) is 11.5 Å².